The number of nitrogen functional groups attached to an aromatic ring is 1. The van der Waals surface area contributed by atoms with E-state index >= 15 is 0 Å². The van der Waals surface area contributed by atoms with Gasteiger partial charge in [0.15, 0.2) is 0 Å². The second kappa shape index (κ2) is 6.15. The number of rotatable bonds is 6. The molecule has 3 N–H and O–H groups in total. The minimum Gasteiger partial charge on any atom is -0.492 e. The highest BCUT2D eigenvalue weighted by atomic mass is 16.5. The number of benzene rings is 1. The van der Waals surface area contributed by atoms with E-state index in [-0.39, 0.29) is 5.84 Å². The monoisotopic (exact) mass is 259 g/mol. The summed E-state index contributed by atoms with van der Waals surface area (Å²) in [4.78, 5) is 4.28. The number of pyridine rings is 1. The predicted octanol–water partition coefficient (Wildman–Crippen LogP) is 1.93. The Labute approximate surface area is 111 Å². The summed E-state index contributed by atoms with van der Waals surface area (Å²) < 4.78 is 10.8. The minimum absolute atomic E-state index is 0.0417. The quantitative estimate of drug-likeness (QED) is 0.472. The molecular weight excluding hydrogens is 242 g/mol. The van der Waals surface area contributed by atoms with Crippen LogP contribution in [-0.2, 0) is 4.74 Å². The number of aromatic nitrogens is 1. The van der Waals surface area contributed by atoms with Crippen LogP contribution < -0.4 is 10.5 Å². The number of hydrogen-bond acceptors (Lipinski definition) is 4. The second-order valence-corrected chi connectivity index (χ2v) is 4.13. The van der Waals surface area contributed by atoms with Crippen LogP contribution in [0.4, 0.5) is 0 Å². The Hall–Kier alpha value is -2.14. The Bertz CT molecular complexity index is 584. The molecule has 1 heterocycles. The highest BCUT2D eigenvalue weighted by Gasteiger charge is 2.12. The molecule has 0 spiro atoms. The van der Waals surface area contributed by atoms with Gasteiger partial charge in [-0.15, -0.1) is 0 Å². The van der Waals surface area contributed by atoms with E-state index in [9.17, 15) is 0 Å². The second-order valence-electron chi connectivity index (χ2n) is 4.13. The molecule has 0 fully saturated rings. The van der Waals surface area contributed by atoms with Crippen molar-refractivity contribution in [3.63, 3.8) is 0 Å². The first-order valence-corrected chi connectivity index (χ1v) is 6.08. The molecule has 0 aliphatic carbocycles. The van der Waals surface area contributed by atoms with Gasteiger partial charge in [0, 0.05) is 31.7 Å². The van der Waals surface area contributed by atoms with Crippen molar-refractivity contribution in [3.8, 4) is 5.75 Å². The Morgan fingerprint density at radius 3 is 2.84 bits per heavy atom. The largest absolute Gasteiger partial charge is 0.492 e. The van der Waals surface area contributed by atoms with Gasteiger partial charge >= 0.3 is 0 Å². The number of ether oxygens (including phenoxy) is 2. The van der Waals surface area contributed by atoms with Crippen LogP contribution in [0.2, 0.25) is 0 Å². The van der Waals surface area contributed by atoms with Gasteiger partial charge in [-0.3, -0.25) is 10.4 Å². The van der Waals surface area contributed by atoms with E-state index in [4.69, 9.17) is 20.6 Å². The van der Waals surface area contributed by atoms with Crippen LogP contribution in [-0.4, -0.2) is 31.1 Å². The van der Waals surface area contributed by atoms with Crippen molar-refractivity contribution in [3.05, 3.63) is 36.0 Å². The van der Waals surface area contributed by atoms with Gasteiger partial charge in [0.2, 0.25) is 0 Å². The summed E-state index contributed by atoms with van der Waals surface area (Å²) in [6.07, 6.45) is 2.36. The van der Waals surface area contributed by atoms with Crippen molar-refractivity contribution in [2.75, 3.05) is 20.3 Å². The fourth-order valence-corrected chi connectivity index (χ4v) is 1.84. The highest BCUT2D eigenvalue weighted by Crippen LogP contribution is 2.28. The zero-order chi connectivity index (χ0) is 13.7. The molecule has 100 valence electrons. The third-order valence-electron chi connectivity index (χ3n) is 2.76. The summed E-state index contributed by atoms with van der Waals surface area (Å²) in [5.74, 6) is 0.578. The summed E-state index contributed by atoms with van der Waals surface area (Å²) in [6, 6.07) is 7.65. The third-order valence-corrected chi connectivity index (χ3v) is 2.76. The van der Waals surface area contributed by atoms with Crippen LogP contribution in [0.1, 0.15) is 12.0 Å². The maximum Gasteiger partial charge on any atom is 0.141 e. The zero-order valence-corrected chi connectivity index (χ0v) is 10.8. The number of nitrogens with one attached hydrogen (secondary N) is 1. The predicted molar refractivity (Wildman–Crippen MR) is 74.7 cm³/mol. The Morgan fingerprint density at radius 1 is 1.32 bits per heavy atom. The van der Waals surface area contributed by atoms with Crippen LogP contribution >= 0.6 is 0 Å². The molecule has 0 unspecified atom stereocenters. The molecule has 5 heteroatoms. The van der Waals surface area contributed by atoms with Crippen LogP contribution in [0.3, 0.4) is 0 Å². The lowest BCUT2D eigenvalue weighted by molar-refractivity contribution is 0.172. The van der Waals surface area contributed by atoms with Gasteiger partial charge in [-0.1, -0.05) is 12.1 Å². The Kier molecular flexibility index (Phi) is 4.30. The summed E-state index contributed by atoms with van der Waals surface area (Å²) in [5.41, 5.74) is 6.93. The van der Waals surface area contributed by atoms with Crippen molar-refractivity contribution in [1.82, 2.24) is 4.98 Å². The SMILES string of the molecule is COCCCOc1c(C(=N)N)cnc2ccccc12. The van der Waals surface area contributed by atoms with Crippen molar-refractivity contribution in [1.29, 1.82) is 5.41 Å². The average Bonchev–Trinajstić information content (AvgIpc) is 2.43. The normalized spacial score (nSPS) is 10.6. The number of nitrogens with zero attached hydrogens (tertiary/aromatic N) is 1. The first-order chi connectivity index (χ1) is 9.24. The van der Waals surface area contributed by atoms with Gasteiger partial charge in [0.1, 0.15) is 11.6 Å². The molecule has 0 atom stereocenters. The van der Waals surface area contributed by atoms with E-state index in [0.29, 0.717) is 24.5 Å². The molecule has 0 saturated heterocycles. The fourth-order valence-electron chi connectivity index (χ4n) is 1.84. The van der Waals surface area contributed by atoms with Crippen molar-refractivity contribution >= 4 is 16.7 Å². The Morgan fingerprint density at radius 2 is 2.11 bits per heavy atom. The van der Waals surface area contributed by atoms with Crippen molar-refractivity contribution in [2.45, 2.75) is 6.42 Å². The van der Waals surface area contributed by atoms with Crippen LogP contribution in [0.5, 0.6) is 5.75 Å². The number of nitrogens with two attached hydrogens (primary N) is 1. The lowest BCUT2D eigenvalue weighted by atomic mass is 10.1. The van der Waals surface area contributed by atoms with Crippen LogP contribution in [0, 0.1) is 5.41 Å². The van der Waals surface area contributed by atoms with Crippen LogP contribution in [0.25, 0.3) is 10.9 Å². The summed E-state index contributed by atoms with van der Waals surface area (Å²) in [7, 11) is 1.66. The number of hydrogen-bond donors (Lipinski definition) is 2. The fraction of sp³-hybridized carbons (Fsp3) is 0.286. The third kappa shape index (κ3) is 3.00. The molecule has 0 radical (unpaired) electrons. The molecule has 5 nitrogen and oxygen atoms in total. The zero-order valence-electron chi connectivity index (χ0n) is 10.8. The summed E-state index contributed by atoms with van der Waals surface area (Å²) in [6.45, 7) is 1.15. The maximum absolute atomic E-state index is 7.60. The number of para-hydroxylation sites is 1. The molecule has 2 rings (SSSR count). The molecule has 0 aliphatic heterocycles. The summed E-state index contributed by atoms with van der Waals surface area (Å²) in [5, 5.41) is 8.47. The number of methoxy groups -OCH3 is 1. The number of fused-ring (bicyclic) bond motifs is 1. The molecule has 0 amide bonds. The molecule has 1 aromatic heterocycles. The summed E-state index contributed by atoms with van der Waals surface area (Å²) >= 11 is 0. The molecule has 2 aromatic rings. The molecule has 1 aromatic carbocycles. The topological polar surface area (TPSA) is 81.2 Å². The van der Waals surface area contributed by atoms with Gasteiger partial charge in [-0.05, 0) is 12.1 Å². The van der Waals surface area contributed by atoms with E-state index < -0.39 is 0 Å². The van der Waals surface area contributed by atoms with Crippen molar-refractivity contribution in [2.24, 2.45) is 5.73 Å². The lowest BCUT2D eigenvalue weighted by Crippen LogP contribution is -2.14. The van der Waals surface area contributed by atoms with Gasteiger partial charge in [-0.25, -0.2) is 0 Å². The first-order valence-electron chi connectivity index (χ1n) is 6.08. The molecule has 19 heavy (non-hydrogen) atoms. The first kappa shape index (κ1) is 13.3. The molecule has 0 bridgehead atoms. The van der Waals surface area contributed by atoms with E-state index in [0.717, 1.165) is 17.3 Å². The van der Waals surface area contributed by atoms with Gasteiger partial charge in [0.05, 0.1) is 17.7 Å². The van der Waals surface area contributed by atoms with Crippen LogP contribution in [0.15, 0.2) is 30.5 Å². The molecule has 0 saturated carbocycles. The average molecular weight is 259 g/mol. The maximum atomic E-state index is 7.60. The number of amidine groups is 1. The molecular formula is C14H17N3O2. The highest BCUT2D eigenvalue weighted by molar-refractivity contribution is 6.02. The van der Waals surface area contributed by atoms with Crippen molar-refractivity contribution < 1.29 is 9.47 Å². The molecule has 0 aliphatic rings. The smallest absolute Gasteiger partial charge is 0.141 e. The minimum atomic E-state index is -0.0417. The van der Waals surface area contributed by atoms with E-state index in [1.165, 1.54) is 0 Å². The lowest BCUT2D eigenvalue weighted by Gasteiger charge is -2.13. The van der Waals surface area contributed by atoms with Gasteiger partial charge in [0.25, 0.3) is 0 Å². The van der Waals surface area contributed by atoms with E-state index in [2.05, 4.69) is 4.98 Å². The standard InChI is InChI=1S/C14H17N3O2/c1-18-7-4-8-19-13-10-5-2-3-6-12(10)17-9-11(13)14(15)16/h2-3,5-6,9H,4,7-8H2,1H3,(H3,15,16). The van der Waals surface area contributed by atoms with Gasteiger partial charge in [-0.2, -0.15) is 0 Å². The van der Waals surface area contributed by atoms with E-state index in [1.807, 2.05) is 24.3 Å². The van der Waals surface area contributed by atoms with Gasteiger partial charge < -0.3 is 15.2 Å². The van der Waals surface area contributed by atoms with E-state index in [1.54, 1.807) is 13.3 Å². The Balaban J connectivity index is 2.35.